The molecule has 0 aliphatic carbocycles. The van der Waals surface area contributed by atoms with Crippen molar-refractivity contribution in [1.29, 1.82) is 0 Å². The Kier molecular flexibility index (Phi) is 4.89. The van der Waals surface area contributed by atoms with Crippen molar-refractivity contribution >= 4 is 11.8 Å². The van der Waals surface area contributed by atoms with Crippen molar-refractivity contribution in [1.82, 2.24) is 25.5 Å². The van der Waals surface area contributed by atoms with Gasteiger partial charge in [0.1, 0.15) is 0 Å². The molecular formula is C8H17N5S. The predicted molar refractivity (Wildman–Crippen MR) is 58.1 cm³/mol. The lowest BCUT2D eigenvalue weighted by molar-refractivity contribution is 0.547. The zero-order chi connectivity index (χ0) is 10.4. The summed E-state index contributed by atoms with van der Waals surface area (Å²) < 4.78 is 0. The molecule has 1 aromatic rings. The van der Waals surface area contributed by atoms with E-state index in [0.717, 1.165) is 12.4 Å². The fourth-order valence-corrected chi connectivity index (χ4v) is 1.85. The van der Waals surface area contributed by atoms with Crippen molar-refractivity contribution < 1.29 is 0 Å². The number of hydrogen-bond donors (Lipinski definition) is 1. The van der Waals surface area contributed by atoms with Gasteiger partial charge in [0.15, 0.2) is 5.82 Å². The van der Waals surface area contributed by atoms with Gasteiger partial charge in [-0.3, -0.25) is 0 Å². The summed E-state index contributed by atoms with van der Waals surface area (Å²) in [7, 11) is 1.77. The van der Waals surface area contributed by atoms with Crippen LogP contribution in [0.4, 0.5) is 0 Å². The maximum atomic E-state index is 4.08. The average molecular weight is 215 g/mol. The van der Waals surface area contributed by atoms with E-state index >= 15 is 0 Å². The maximum absolute atomic E-state index is 4.08. The first kappa shape index (κ1) is 11.5. The summed E-state index contributed by atoms with van der Waals surface area (Å²) in [6.07, 6.45) is 2.13. The van der Waals surface area contributed by atoms with Crippen LogP contribution in [0.15, 0.2) is 0 Å². The number of aromatic nitrogens is 4. The molecule has 0 amide bonds. The Morgan fingerprint density at radius 3 is 2.93 bits per heavy atom. The van der Waals surface area contributed by atoms with Crippen LogP contribution in [-0.4, -0.2) is 38.8 Å². The highest BCUT2D eigenvalue weighted by Crippen LogP contribution is 2.02. The lowest BCUT2D eigenvalue weighted by Crippen LogP contribution is -2.22. The zero-order valence-corrected chi connectivity index (χ0v) is 9.71. The molecule has 0 radical (unpaired) electrons. The molecule has 1 atom stereocenters. The Bertz CT molecular complexity index is 262. The number of nitrogens with one attached hydrogen (secondary N) is 1. The highest BCUT2D eigenvalue weighted by Gasteiger charge is 2.02. The minimum absolute atomic E-state index is 0.682. The van der Waals surface area contributed by atoms with Gasteiger partial charge in [-0.05, 0) is 29.7 Å². The van der Waals surface area contributed by atoms with Crippen LogP contribution in [-0.2, 0) is 13.6 Å². The number of thioether (sulfide) groups is 1. The number of tetrazole rings is 1. The molecule has 0 aromatic carbocycles. The Morgan fingerprint density at radius 2 is 2.36 bits per heavy atom. The van der Waals surface area contributed by atoms with Crippen LogP contribution >= 0.6 is 11.8 Å². The molecule has 0 fully saturated rings. The summed E-state index contributed by atoms with van der Waals surface area (Å²) in [6, 6.07) is 0. The van der Waals surface area contributed by atoms with E-state index in [1.54, 1.807) is 7.05 Å². The van der Waals surface area contributed by atoms with E-state index in [1.165, 1.54) is 10.5 Å². The van der Waals surface area contributed by atoms with Gasteiger partial charge in [-0.1, -0.05) is 6.92 Å². The second-order valence-corrected chi connectivity index (χ2v) is 4.30. The number of rotatable bonds is 6. The van der Waals surface area contributed by atoms with Crippen LogP contribution in [0.2, 0.25) is 0 Å². The van der Waals surface area contributed by atoms with Crippen molar-refractivity contribution in [2.24, 2.45) is 13.0 Å². The van der Waals surface area contributed by atoms with Gasteiger partial charge in [-0.15, -0.1) is 10.2 Å². The lowest BCUT2D eigenvalue weighted by atomic mass is 10.2. The molecule has 1 aromatic heterocycles. The molecule has 5 nitrogen and oxygen atoms in total. The van der Waals surface area contributed by atoms with Gasteiger partial charge in [0.25, 0.3) is 0 Å². The minimum atomic E-state index is 0.682. The van der Waals surface area contributed by atoms with Gasteiger partial charge in [0.2, 0.25) is 0 Å². The van der Waals surface area contributed by atoms with Crippen molar-refractivity contribution in [3.05, 3.63) is 5.82 Å². The summed E-state index contributed by atoms with van der Waals surface area (Å²) >= 11 is 1.87. The molecule has 1 rings (SSSR count). The fourth-order valence-electron chi connectivity index (χ4n) is 1.17. The van der Waals surface area contributed by atoms with Crippen LogP contribution < -0.4 is 5.32 Å². The monoisotopic (exact) mass is 215 g/mol. The zero-order valence-electron chi connectivity index (χ0n) is 8.90. The summed E-state index contributed by atoms with van der Waals surface area (Å²) in [5.74, 6) is 2.62. The molecule has 0 spiro atoms. The Morgan fingerprint density at radius 1 is 1.57 bits per heavy atom. The largest absolute Gasteiger partial charge is 0.309 e. The molecule has 0 bridgehead atoms. The van der Waals surface area contributed by atoms with Crippen LogP contribution in [0.25, 0.3) is 0 Å². The third-order valence-corrected chi connectivity index (χ3v) is 2.68. The molecule has 80 valence electrons. The Labute approximate surface area is 88.6 Å². The van der Waals surface area contributed by atoms with Gasteiger partial charge < -0.3 is 5.32 Å². The van der Waals surface area contributed by atoms with Crippen molar-refractivity contribution in [3.63, 3.8) is 0 Å². The van der Waals surface area contributed by atoms with Gasteiger partial charge in [-0.2, -0.15) is 16.6 Å². The van der Waals surface area contributed by atoms with E-state index in [4.69, 9.17) is 0 Å². The van der Waals surface area contributed by atoms with E-state index < -0.39 is 0 Å². The van der Waals surface area contributed by atoms with E-state index in [0.29, 0.717) is 12.5 Å². The summed E-state index contributed by atoms with van der Waals surface area (Å²) in [4.78, 5) is 1.47. The van der Waals surface area contributed by atoms with E-state index in [1.807, 2.05) is 11.8 Å². The van der Waals surface area contributed by atoms with Crippen LogP contribution in [0, 0.1) is 5.92 Å². The second-order valence-electron chi connectivity index (χ2n) is 3.39. The Balaban J connectivity index is 2.15. The van der Waals surface area contributed by atoms with Crippen molar-refractivity contribution in [2.75, 3.05) is 18.6 Å². The number of nitrogens with zero attached hydrogens (tertiary/aromatic N) is 4. The van der Waals surface area contributed by atoms with Gasteiger partial charge in [-0.25, -0.2) is 0 Å². The first-order valence-electron chi connectivity index (χ1n) is 4.65. The van der Waals surface area contributed by atoms with Crippen LogP contribution in [0.1, 0.15) is 12.7 Å². The fraction of sp³-hybridized carbons (Fsp3) is 0.875. The topological polar surface area (TPSA) is 55.6 Å². The van der Waals surface area contributed by atoms with Gasteiger partial charge >= 0.3 is 0 Å². The van der Waals surface area contributed by atoms with Crippen LogP contribution in [0.5, 0.6) is 0 Å². The highest BCUT2D eigenvalue weighted by atomic mass is 32.2. The second kappa shape index (κ2) is 5.98. The molecule has 0 saturated heterocycles. The average Bonchev–Trinajstić information content (AvgIpc) is 2.52. The smallest absolute Gasteiger partial charge is 0.188 e. The maximum Gasteiger partial charge on any atom is 0.188 e. The molecule has 0 aliphatic heterocycles. The molecule has 0 saturated carbocycles. The number of aryl methyl sites for hydroxylation is 1. The van der Waals surface area contributed by atoms with Crippen LogP contribution in [0.3, 0.4) is 0 Å². The van der Waals surface area contributed by atoms with Crippen molar-refractivity contribution in [3.8, 4) is 0 Å². The molecule has 14 heavy (non-hydrogen) atoms. The standard InChI is InChI=1S/C8H17N5S/c1-7(6-14-3)4-9-5-8-10-12-13(2)11-8/h7,9H,4-6H2,1-3H3. The molecular weight excluding hydrogens is 198 g/mol. The summed E-state index contributed by atoms with van der Waals surface area (Å²) in [6.45, 7) is 3.93. The van der Waals surface area contributed by atoms with E-state index in [9.17, 15) is 0 Å². The SMILES string of the molecule is CSCC(C)CNCc1nnn(C)n1. The third-order valence-electron chi connectivity index (χ3n) is 1.78. The van der Waals surface area contributed by atoms with Gasteiger partial charge in [0.05, 0.1) is 13.6 Å². The normalized spacial score (nSPS) is 13.1. The quantitative estimate of drug-likeness (QED) is 0.739. The molecule has 1 unspecified atom stereocenters. The molecule has 1 N–H and O–H groups in total. The molecule has 1 heterocycles. The molecule has 6 heteroatoms. The highest BCUT2D eigenvalue weighted by molar-refractivity contribution is 7.98. The summed E-state index contributed by atoms with van der Waals surface area (Å²) in [5.41, 5.74) is 0. The first-order valence-corrected chi connectivity index (χ1v) is 6.04. The summed E-state index contributed by atoms with van der Waals surface area (Å²) in [5, 5.41) is 15.0. The third kappa shape index (κ3) is 4.06. The number of hydrogen-bond acceptors (Lipinski definition) is 5. The Hall–Kier alpha value is -0.620. The lowest BCUT2D eigenvalue weighted by Gasteiger charge is -2.09. The van der Waals surface area contributed by atoms with E-state index in [-0.39, 0.29) is 0 Å². The minimum Gasteiger partial charge on any atom is -0.309 e. The van der Waals surface area contributed by atoms with Gasteiger partial charge in [0, 0.05) is 0 Å². The van der Waals surface area contributed by atoms with Crippen molar-refractivity contribution in [2.45, 2.75) is 13.5 Å². The first-order chi connectivity index (χ1) is 6.72. The van der Waals surface area contributed by atoms with E-state index in [2.05, 4.69) is 33.9 Å². The molecule has 0 aliphatic rings. The predicted octanol–water partition coefficient (Wildman–Crippen LogP) is 0.299.